The minimum Gasteiger partial charge on any atom is -0.351 e. The molecular formula is C39H67N5O4. The van der Waals surface area contributed by atoms with E-state index in [9.17, 15) is 19.2 Å². The molecule has 0 aromatic rings. The van der Waals surface area contributed by atoms with Crippen LogP contribution in [-0.2, 0) is 19.2 Å². The molecule has 0 aromatic carbocycles. The van der Waals surface area contributed by atoms with Gasteiger partial charge in [0, 0.05) is 31.8 Å². The number of carbonyl (C=O) groups excluding carboxylic acids is 4. The van der Waals surface area contributed by atoms with Crippen LogP contribution in [0, 0.1) is 11.3 Å². The summed E-state index contributed by atoms with van der Waals surface area (Å²) >= 11 is 0. The third-order valence-electron chi connectivity index (χ3n) is 9.78. The van der Waals surface area contributed by atoms with E-state index in [1.165, 1.54) is 11.1 Å². The molecule has 2 N–H and O–H groups in total. The summed E-state index contributed by atoms with van der Waals surface area (Å²) in [4.78, 5) is 60.3. The molecule has 2 saturated heterocycles. The summed E-state index contributed by atoms with van der Waals surface area (Å²) < 4.78 is 0. The van der Waals surface area contributed by atoms with E-state index in [0.29, 0.717) is 25.1 Å². The van der Waals surface area contributed by atoms with Gasteiger partial charge in [0.1, 0.15) is 12.1 Å². The molecule has 2 rings (SSSR count). The van der Waals surface area contributed by atoms with Crippen LogP contribution in [-0.4, -0.2) is 95.2 Å². The summed E-state index contributed by atoms with van der Waals surface area (Å²) in [6.07, 6.45) is 12.3. The van der Waals surface area contributed by atoms with Crippen LogP contribution in [0.5, 0.6) is 0 Å². The molecule has 3 unspecified atom stereocenters. The van der Waals surface area contributed by atoms with Crippen molar-refractivity contribution in [3.05, 3.63) is 34.9 Å². The Labute approximate surface area is 292 Å². The molecule has 0 bridgehead atoms. The molecule has 0 spiro atoms. The van der Waals surface area contributed by atoms with Crippen LogP contribution >= 0.6 is 0 Å². The second-order valence-electron chi connectivity index (χ2n) is 16.0. The summed E-state index contributed by atoms with van der Waals surface area (Å²) in [7, 11) is 1.76. The van der Waals surface area contributed by atoms with E-state index < -0.39 is 17.5 Å². The van der Waals surface area contributed by atoms with Crippen molar-refractivity contribution in [3.63, 3.8) is 0 Å². The van der Waals surface area contributed by atoms with E-state index >= 15 is 0 Å². The predicted molar refractivity (Wildman–Crippen MR) is 196 cm³/mol. The van der Waals surface area contributed by atoms with Crippen LogP contribution in [0.4, 0.5) is 0 Å². The van der Waals surface area contributed by atoms with Crippen molar-refractivity contribution >= 4 is 23.6 Å². The number of piperidine rings is 1. The fourth-order valence-electron chi connectivity index (χ4n) is 6.81. The van der Waals surface area contributed by atoms with Gasteiger partial charge in [-0.1, -0.05) is 70.4 Å². The van der Waals surface area contributed by atoms with Gasteiger partial charge in [-0.25, -0.2) is 0 Å². The number of carbonyl (C=O) groups is 4. The van der Waals surface area contributed by atoms with Crippen molar-refractivity contribution in [2.45, 2.75) is 151 Å². The summed E-state index contributed by atoms with van der Waals surface area (Å²) in [5, 5.41) is 6.15. The van der Waals surface area contributed by atoms with Gasteiger partial charge in [-0.3, -0.25) is 24.1 Å². The number of allylic oxidation sites excluding steroid dienone is 3. The second-order valence-corrected chi connectivity index (χ2v) is 16.0. The molecule has 2 aliphatic rings. The molecule has 48 heavy (non-hydrogen) atoms. The number of hydrogen-bond acceptors (Lipinski definition) is 5. The number of rotatable bonds is 14. The number of nitrogens with one attached hydrogen (secondary N) is 2. The highest BCUT2D eigenvalue weighted by atomic mass is 16.2. The summed E-state index contributed by atoms with van der Waals surface area (Å²) in [6, 6.07) is -1.62. The lowest BCUT2D eigenvalue weighted by Crippen LogP contribution is -2.60. The lowest BCUT2D eigenvalue weighted by molar-refractivity contribution is -0.142. The highest BCUT2D eigenvalue weighted by molar-refractivity contribution is 5.97. The maximum atomic E-state index is 14.2. The second kappa shape index (κ2) is 18.7. The van der Waals surface area contributed by atoms with E-state index in [1.54, 1.807) is 23.8 Å². The number of likely N-dealkylation sites (tertiary alicyclic amines) is 2. The largest absolute Gasteiger partial charge is 0.351 e. The Bertz CT molecular complexity index is 1210. The van der Waals surface area contributed by atoms with Gasteiger partial charge in [0.15, 0.2) is 0 Å². The molecule has 4 amide bonds. The van der Waals surface area contributed by atoms with Crippen molar-refractivity contribution in [2.24, 2.45) is 11.3 Å². The van der Waals surface area contributed by atoms with Crippen LogP contribution < -0.4 is 10.6 Å². The Hall–Kier alpha value is -2.94. The first-order valence-corrected chi connectivity index (χ1v) is 18.3. The summed E-state index contributed by atoms with van der Waals surface area (Å²) in [5.74, 6) is -0.578. The van der Waals surface area contributed by atoms with Gasteiger partial charge in [-0.2, -0.15) is 0 Å². The minimum absolute atomic E-state index is 0.0113. The highest BCUT2D eigenvalue weighted by Crippen LogP contribution is 2.27. The molecule has 0 radical (unpaired) electrons. The fraction of sp³-hybridized carbons (Fsp3) is 0.744. The summed E-state index contributed by atoms with van der Waals surface area (Å²) in [6.45, 7) is 24.1. The van der Waals surface area contributed by atoms with Crippen LogP contribution in [0.1, 0.15) is 121 Å². The molecule has 2 fully saturated rings. The lowest BCUT2D eigenvalue weighted by Gasteiger charge is -2.41. The monoisotopic (exact) mass is 670 g/mol. The third-order valence-corrected chi connectivity index (χ3v) is 9.78. The first kappa shape index (κ1) is 41.2. The predicted octanol–water partition coefficient (Wildman–Crippen LogP) is 6.01. The Morgan fingerprint density at radius 1 is 0.875 bits per heavy atom. The summed E-state index contributed by atoms with van der Waals surface area (Å²) in [5.41, 5.74) is 2.51. The van der Waals surface area contributed by atoms with Gasteiger partial charge in [-0.05, 0) is 97.9 Å². The van der Waals surface area contributed by atoms with Crippen molar-refractivity contribution in [2.75, 3.05) is 26.7 Å². The number of nitrogens with zero attached hydrogens (tertiary/aromatic N) is 3. The van der Waals surface area contributed by atoms with Crippen LogP contribution in [0.25, 0.3) is 0 Å². The van der Waals surface area contributed by atoms with Gasteiger partial charge in [-0.15, -0.1) is 0 Å². The zero-order valence-corrected chi connectivity index (χ0v) is 32.2. The van der Waals surface area contributed by atoms with E-state index in [2.05, 4.69) is 56.2 Å². The Balaban J connectivity index is 2.17. The molecule has 2 heterocycles. The maximum Gasteiger partial charge on any atom is 0.249 e. The lowest BCUT2D eigenvalue weighted by atomic mass is 9.84. The molecular weight excluding hydrogens is 602 g/mol. The molecule has 272 valence electrons. The van der Waals surface area contributed by atoms with Gasteiger partial charge in [0.25, 0.3) is 0 Å². The van der Waals surface area contributed by atoms with Crippen molar-refractivity contribution < 1.29 is 19.2 Å². The fourth-order valence-corrected chi connectivity index (χ4v) is 6.81. The Kier molecular flexibility index (Phi) is 16.1. The van der Waals surface area contributed by atoms with Gasteiger partial charge < -0.3 is 20.4 Å². The van der Waals surface area contributed by atoms with Crippen LogP contribution in [0.3, 0.4) is 0 Å². The minimum atomic E-state index is -0.729. The van der Waals surface area contributed by atoms with Crippen molar-refractivity contribution in [3.8, 4) is 0 Å². The third kappa shape index (κ3) is 11.9. The quantitative estimate of drug-likeness (QED) is 0.174. The Morgan fingerprint density at radius 2 is 1.52 bits per heavy atom. The smallest absolute Gasteiger partial charge is 0.249 e. The molecule has 0 saturated carbocycles. The van der Waals surface area contributed by atoms with Crippen LogP contribution in [0.2, 0.25) is 0 Å². The maximum absolute atomic E-state index is 14.2. The first-order chi connectivity index (χ1) is 22.4. The van der Waals surface area contributed by atoms with Crippen molar-refractivity contribution in [1.29, 1.82) is 0 Å². The molecule has 0 aromatic heterocycles. The highest BCUT2D eigenvalue weighted by Gasteiger charge is 2.40. The zero-order valence-electron chi connectivity index (χ0n) is 32.2. The average molecular weight is 670 g/mol. The molecule has 9 heteroatoms. The van der Waals surface area contributed by atoms with Gasteiger partial charge >= 0.3 is 0 Å². The van der Waals surface area contributed by atoms with E-state index in [1.807, 2.05) is 46.8 Å². The number of hydrogen-bond donors (Lipinski definition) is 2. The zero-order chi connectivity index (χ0) is 36.3. The number of likely N-dealkylation sites (N-methyl/N-ethyl adjacent to an activating group) is 1. The van der Waals surface area contributed by atoms with Gasteiger partial charge in [0.2, 0.25) is 23.6 Å². The molecule has 2 aliphatic heterocycles. The van der Waals surface area contributed by atoms with E-state index in [-0.39, 0.29) is 47.7 Å². The average Bonchev–Trinajstić information content (AvgIpc) is 3.50. The number of amides is 4. The van der Waals surface area contributed by atoms with E-state index in [0.717, 1.165) is 45.1 Å². The molecule has 9 nitrogen and oxygen atoms in total. The van der Waals surface area contributed by atoms with Gasteiger partial charge in [0.05, 0.1) is 12.1 Å². The first-order valence-electron chi connectivity index (χ1n) is 18.3. The SMILES string of the molecule is CC(C)=CCC/C(C)=C/CNC(=O)C1CCCN1C(=O)/C(C)=C/[C@H](C(C)C)N(C)C(=O)C(NC(=O)C1CCCCN1C(C)C)C(C)(C)C. The van der Waals surface area contributed by atoms with E-state index in [4.69, 9.17) is 0 Å². The molecule has 0 aliphatic carbocycles. The molecule has 4 atom stereocenters. The topological polar surface area (TPSA) is 102 Å². The van der Waals surface area contributed by atoms with Crippen LogP contribution in [0.15, 0.2) is 34.9 Å². The Morgan fingerprint density at radius 3 is 2.10 bits per heavy atom. The standard InChI is InChI=1S/C39H67N5O4/c1-26(2)17-15-18-29(7)21-22-40-35(45)31-20-16-24-44(31)37(47)30(8)25-33(27(3)4)42(12)38(48)34(39(9,10)11)41-36(46)32-19-13-14-23-43(32)28(5)6/h17,21,25,27-28,31-34H,13-16,18-20,22-24H2,1-12H3,(H,40,45)(H,41,46)/b29-21+,30-25+/t31?,32?,33-,34?/m1/s1. The normalized spacial score (nSPS) is 20.8. The van der Waals surface area contributed by atoms with Crippen molar-refractivity contribution in [1.82, 2.24) is 25.3 Å².